The van der Waals surface area contributed by atoms with Crippen molar-refractivity contribution >= 4 is 17.5 Å². The predicted molar refractivity (Wildman–Crippen MR) is 109 cm³/mol. The second kappa shape index (κ2) is 8.67. The van der Waals surface area contributed by atoms with Gasteiger partial charge in [0.1, 0.15) is 0 Å². The number of rotatable bonds is 6. The van der Waals surface area contributed by atoms with E-state index in [2.05, 4.69) is 21.4 Å². The van der Waals surface area contributed by atoms with E-state index in [0.717, 1.165) is 48.9 Å². The predicted octanol–water partition coefficient (Wildman–Crippen LogP) is 4.21. The highest BCUT2D eigenvalue weighted by Gasteiger charge is 2.29. The van der Waals surface area contributed by atoms with Crippen molar-refractivity contribution < 1.29 is 4.79 Å². The van der Waals surface area contributed by atoms with E-state index >= 15 is 0 Å². The summed E-state index contributed by atoms with van der Waals surface area (Å²) in [5.74, 6) is 1.97. The molecule has 0 aromatic carbocycles. The maximum atomic E-state index is 12.6. The summed E-state index contributed by atoms with van der Waals surface area (Å²) in [6, 6.07) is 5.87. The number of carbonyl (C=O) groups excluding carboxylic acids is 1. The quantitative estimate of drug-likeness (QED) is 0.814. The molecule has 28 heavy (non-hydrogen) atoms. The zero-order chi connectivity index (χ0) is 19.3. The lowest BCUT2D eigenvalue weighted by molar-refractivity contribution is -0.130. The number of aromatic nitrogens is 3. The summed E-state index contributed by atoms with van der Waals surface area (Å²) in [7, 11) is 0. The van der Waals surface area contributed by atoms with Crippen LogP contribution in [0.2, 0.25) is 0 Å². The third kappa shape index (κ3) is 4.66. The molecule has 6 heteroatoms. The molecular weight excluding hydrogens is 350 g/mol. The highest BCUT2D eigenvalue weighted by Crippen LogP contribution is 2.31. The highest BCUT2D eigenvalue weighted by molar-refractivity contribution is 5.76. The number of hydrogen-bond acceptors (Lipinski definition) is 5. The Morgan fingerprint density at radius 3 is 2.75 bits per heavy atom. The van der Waals surface area contributed by atoms with Gasteiger partial charge in [-0.3, -0.25) is 9.78 Å². The largest absolute Gasteiger partial charge is 0.342 e. The summed E-state index contributed by atoms with van der Waals surface area (Å²) in [6.07, 6.45) is 11.5. The zero-order valence-corrected chi connectivity index (χ0v) is 16.6. The number of carbonyl (C=O) groups is 1. The van der Waals surface area contributed by atoms with Crippen LogP contribution < -0.4 is 5.32 Å². The number of nitrogens with one attached hydrogen (secondary N) is 1. The van der Waals surface area contributed by atoms with Crippen molar-refractivity contribution in [1.29, 1.82) is 0 Å². The SMILES string of the molecule is Cc1cc(Nc2ncccn2)cc(C2CCN(C(=O)CCC3CCCC3)C2)n1. The van der Waals surface area contributed by atoms with Crippen molar-refractivity contribution in [1.82, 2.24) is 19.9 Å². The molecule has 1 atom stereocenters. The molecule has 2 aromatic heterocycles. The first-order valence-electron chi connectivity index (χ1n) is 10.5. The van der Waals surface area contributed by atoms with E-state index < -0.39 is 0 Å². The minimum atomic E-state index is 0.299. The maximum Gasteiger partial charge on any atom is 0.227 e. The first-order chi connectivity index (χ1) is 13.7. The van der Waals surface area contributed by atoms with Crippen LogP contribution in [0.15, 0.2) is 30.6 Å². The van der Waals surface area contributed by atoms with E-state index in [1.54, 1.807) is 18.5 Å². The minimum Gasteiger partial charge on any atom is -0.342 e. The van der Waals surface area contributed by atoms with Gasteiger partial charge >= 0.3 is 0 Å². The topological polar surface area (TPSA) is 71.0 Å². The first-order valence-corrected chi connectivity index (χ1v) is 10.5. The lowest BCUT2D eigenvalue weighted by Gasteiger charge is -2.18. The standard InChI is InChI=1S/C22H29N5O/c1-16-13-19(26-22-23-10-4-11-24-22)14-20(25-16)18-9-12-27(15-18)21(28)8-7-17-5-2-3-6-17/h4,10-11,13-14,17-18H,2-3,5-9,12,15H2,1H3,(H,23,24,25,26). The maximum absolute atomic E-state index is 12.6. The molecule has 4 rings (SSSR count). The van der Waals surface area contributed by atoms with Crippen molar-refractivity contribution in [2.24, 2.45) is 5.92 Å². The molecule has 2 aromatic rings. The van der Waals surface area contributed by atoms with Crippen molar-refractivity contribution in [2.45, 2.75) is 57.8 Å². The second-order valence-corrected chi connectivity index (χ2v) is 8.13. The summed E-state index contributed by atoms with van der Waals surface area (Å²) >= 11 is 0. The van der Waals surface area contributed by atoms with Gasteiger partial charge in [0, 0.05) is 54.9 Å². The van der Waals surface area contributed by atoms with E-state index in [-0.39, 0.29) is 0 Å². The smallest absolute Gasteiger partial charge is 0.227 e. The molecule has 1 amide bonds. The monoisotopic (exact) mass is 379 g/mol. The molecule has 3 heterocycles. The molecule has 1 saturated heterocycles. The molecule has 0 radical (unpaired) electrons. The van der Waals surface area contributed by atoms with Crippen LogP contribution in [0.4, 0.5) is 11.6 Å². The lowest BCUT2D eigenvalue weighted by atomic mass is 10.0. The van der Waals surface area contributed by atoms with Crippen LogP contribution in [0, 0.1) is 12.8 Å². The minimum absolute atomic E-state index is 0.299. The molecule has 148 valence electrons. The molecule has 0 spiro atoms. The van der Waals surface area contributed by atoms with Gasteiger partial charge in [0.05, 0.1) is 0 Å². The molecule has 1 unspecified atom stereocenters. The van der Waals surface area contributed by atoms with Gasteiger partial charge in [0.15, 0.2) is 0 Å². The number of amides is 1. The van der Waals surface area contributed by atoms with Gasteiger partial charge in [-0.05, 0) is 43.9 Å². The van der Waals surface area contributed by atoms with Crippen LogP contribution >= 0.6 is 0 Å². The summed E-state index contributed by atoms with van der Waals surface area (Å²) in [4.78, 5) is 27.9. The molecule has 1 aliphatic heterocycles. The van der Waals surface area contributed by atoms with Gasteiger partial charge in [-0.15, -0.1) is 0 Å². The van der Waals surface area contributed by atoms with Crippen molar-refractivity contribution in [3.8, 4) is 0 Å². The van der Waals surface area contributed by atoms with Gasteiger partial charge in [-0.1, -0.05) is 25.7 Å². The molecular formula is C22H29N5O. The molecule has 2 aliphatic rings. The Hall–Kier alpha value is -2.50. The van der Waals surface area contributed by atoms with Crippen LogP contribution in [0.3, 0.4) is 0 Å². The fourth-order valence-electron chi connectivity index (χ4n) is 4.48. The van der Waals surface area contributed by atoms with Crippen LogP contribution in [0.25, 0.3) is 0 Å². The third-order valence-corrected chi connectivity index (χ3v) is 6.00. The summed E-state index contributed by atoms with van der Waals surface area (Å²) < 4.78 is 0. The Morgan fingerprint density at radius 1 is 1.18 bits per heavy atom. The van der Waals surface area contributed by atoms with Gasteiger partial charge in [-0.2, -0.15) is 0 Å². The molecule has 1 N–H and O–H groups in total. The average molecular weight is 380 g/mol. The summed E-state index contributed by atoms with van der Waals surface area (Å²) in [6.45, 7) is 3.62. The summed E-state index contributed by atoms with van der Waals surface area (Å²) in [5.41, 5.74) is 2.95. The Labute approximate surface area is 166 Å². The molecule has 2 fully saturated rings. The molecule has 0 bridgehead atoms. The number of likely N-dealkylation sites (tertiary alicyclic amines) is 1. The van der Waals surface area contributed by atoms with Crippen LogP contribution in [0.5, 0.6) is 0 Å². The number of nitrogens with zero attached hydrogens (tertiary/aromatic N) is 4. The Kier molecular flexibility index (Phi) is 5.84. The Bertz CT molecular complexity index is 804. The highest BCUT2D eigenvalue weighted by atomic mass is 16.2. The van der Waals surface area contributed by atoms with Crippen molar-refractivity contribution in [2.75, 3.05) is 18.4 Å². The second-order valence-electron chi connectivity index (χ2n) is 8.13. The number of pyridine rings is 1. The van der Waals surface area contributed by atoms with Gasteiger partial charge in [0.2, 0.25) is 11.9 Å². The first kappa shape index (κ1) is 18.8. The number of aryl methyl sites for hydroxylation is 1. The van der Waals surface area contributed by atoms with E-state index in [4.69, 9.17) is 4.98 Å². The normalized spacial score (nSPS) is 19.9. The molecule has 6 nitrogen and oxygen atoms in total. The van der Waals surface area contributed by atoms with Gasteiger partial charge < -0.3 is 10.2 Å². The number of anilines is 2. The molecule has 1 saturated carbocycles. The lowest BCUT2D eigenvalue weighted by Crippen LogP contribution is -2.28. The summed E-state index contributed by atoms with van der Waals surface area (Å²) in [5, 5.41) is 3.25. The van der Waals surface area contributed by atoms with Crippen LogP contribution in [0.1, 0.15) is 62.3 Å². The zero-order valence-electron chi connectivity index (χ0n) is 16.6. The van der Waals surface area contributed by atoms with E-state index in [0.29, 0.717) is 24.2 Å². The van der Waals surface area contributed by atoms with Gasteiger partial charge in [-0.25, -0.2) is 9.97 Å². The number of hydrogen-bond donors (Lipinski definition) is 1. The van der Waals surface area contributed by atoms with Crippen LogP contribution in [-0.4, -0.2) is 38.8 Å². The van der Waals surface area contributed by atoms with E-state index in [1.165, 1.54) is 25.7 Å². The molecule has 1 aliphatic carbocycles. The van der Waals surface area contributed by atoms with Crippen molar-refractivity contribution in [3.05, 3.63) is 42.0 Å². The fraction of sp³-hybridized carbons (Fsp3) is 0.545. The van der Waals surface area contributed by atoms with Gasteiger partial charge in [0.25, 0.3) is 0 Å². The van der Waals surface area contributed by atoms with Crippen molar-refractivity contribution in [3.63, 3.8) is 0 Å². The third-order valence-electron chi connectivity index (χ3n) is 6.00. The van der Waals surface area contributed by atoms with E-state index in [9.17, 15) is 4.79 Å². The average Bonchev–Trinajstić information content (AvgIpc) is 3.39. The van der Waals surface area contributed by atoms with E-state index in [1.807, 2.05) is 17.9 Å². The Balaban J connectivity index is 1.37. The van der Waals surface area contributed by atoms with Crippen LogP contribution in [-0.2, 0) is 4.79 Å². The fourth-order valence-corrected chi connectivity index (χ4v) is 4.48. The Morgan fingerprint density at radius 2 is 1.96 bits per heavy atom.